The fourth-order valence-electron chi connectivity index (χ4n) is 2.60. The molecular weight excluding hydrogens is 417 g/mol. The average molecular weight is 432 g/mol. The number of halogens is 2. The topological polar surface area (TPSA) is 110 Å². The Bertz CT molecular complexity index is 1230. The molecule has 0 fully saturated rings. The maximum atomic E-state index is 13.4. The second-order valence-corrected chi connectivity index (χ2v) is 6.41. The van der Waals surface area contributed by atoms with E-state index in [2.05, 4.69) is 10.3 Å². The first-order chi connectivity index (χ1) is 14.3. The third-order valence-electron chi connectivity index (χ3n) is 4.04. The molecule has 0 aliphatic rings. The summed E-state index contributed by atoms with van der Waals surface area (Å²) in [5.74, 6) is -2.01. The van der Waals surface area contributed by atoms with Gasteiger partial charge in [-0.1, -0.05) is 11.6 Å². The van der Waals surface area contributed by atoms with Crippen molar-refractivity contribution in [2.45, 2.75) is 6.92 Å². The van der Waals surface area contributed by atoms with Crippen molar-refractivity contribution in [3.05, 3.63) is 91.5 Å². The Labute approximate surface area is 173 Å². The lowest BCUT2D eigenvalue weighted by molar-refractivity contribution is 0.0526. The predicted octanol–water partition coefficient (Wildman–Crippen LogP) is 2.75. The summed E-state index contributed by atoms with van der Waals surface area (Å²) in [4.78, 5) is 51.4. The van der Waals surface area contributed by atoms with Crippen molar-refractivity contribution in [1.29, 1.82) is 0 Å². The van der Waals surface area contributed by atoms with E-state index >= 15 is 0 Å². The van der Waals surface area contributed by atoms with E-state index in [1.54, 1.807) is 6.92 Å². The molecule has 0 atom stereocenters. The fraction of sp³-hybridized carbons (Fsp3) is 0.100. The lowest BCUT2D eigenvalue weighted by Crippen LogP contribution is -2.38. The monoisotopic (exact) mass is 431 g/mol. The number of amides is 1. The van der Waals surface area contributed by atoms with Gasteiger partial charge in [0.05, 0.1) is 22.9 Å². The number of esters is 1. The van der Waals surface area contributed by atoms with Crippen molar-refractivity contribution in [2.24, 2.45) is 0 Å². The summed E-state index contributed by atoms with van der Waals surface area (Å²) in [6, 6.07) is 9.14. The minimum Gasteiger partial charge on any atom is -0.462 e. The Morgan fingerprint density at radius 2 is 1.87 bits per heavy atom. The van der Waals surface area contributed by atoms with E-state index in [1.807, 2.05) is 0 Å². The lowest BCUT2D eigenvalue weighted by Gasteiger charge is -2.09. The fourth-order valence-corrected chi connectivity index (χ4v) is 2.77. The van der Waals surface area contributed by atoms with Crippen LogP contribution in [0.25, 0.3) is 5.69 Å². The molecule has 10 heteroatoms. The van der Waals surface area contributed by atoms with Gasteiger partial charge in [0.25, 0.3) is 11.5 Å². The van der Waals surface area contributed by atoms with Crippen LogP contribution in [0.1, 0.15) is 27.6 Å². The van der Waals surface area contributed by atoms with Crippen LogP contribution in [0.5, 0.6) is 0 Å². The third kappa shape index (κ3) is 4.31. The zero-order valence-corrected chi connectivity index (χ0v) is 16.3. The smallest absolute Gasteiger partial charge is 0.338 e. The number of aromatic amines is 1. The highest BCUT2D eigenvalue weighted by molar-refractivity contribution is 6.30. The molecule has 0 radical (unpaired) electrons. The van der Waals surface area contributed by atoms with Crippen molar-refractivity contribution in [2.75, 3.05) is 11.9 Å². The van der Waals surface area contributed by atoms with Gasteiger partial charge in [0.2, 0.25) is 0 Å². The molecule has 3 aromatic rings. The maximum Gasteiger partial charge on any atom is 0.338 e. The summed E-state index contributed by atoms with van der Waals surface area (Å²) < 4.78 is 18.9. The summed E-state index contributed by atoms with van der Waals surface area (Å²) in [6.45, 7) is 1.92. The number of hydrogen-bond acceptors (Lipinski definition) is 5. The minimum atomic E-state index is -0.915. The Balaban J connectivity index is 1.90. The summed E-state index contributed by atoms with van der Waals surface area (Å²) in [5, 5.41) is 2.22. The van der Waals surface area contributed by atoms with Gasteiger partial charge in [-0.25, -0.2) is 18.5 Å². The van der Waals surface area contributed by atoms with Crippen molar-refractivity contribution in [1.82, 2.24) is 9.55 Å². The molecule has 2 N–H and O–H groups in total. The molecule has 0 unspecified atom stereocenters. The Kier molecular flexibility index (Phi) is 6.12. The predicted molar refractivity (Wildman–Crippen MR) is 108 cm³/mol. The number of nitrogens with zero attached hydrogens (tertiary/aromatic N) is 1. The molecule has 8 nitrogen and oxygen atoms in total. The zero-order valence-electron chi connectivity index (χ0n) is 15.6. The first kappa shape index (κ1) is 21.0. The molecule has 0 aliphatic heterocycles. The number of H-pyrrole nitrogens is 1. The van der Waals surface area contributed by atoms with E-state index in [0.717, 1.165) is 18.3 Å². The van der Waals surface area contributed by atoms with Crippen LogP contribution in [0.4, 0.5) is 10.1 Å². The number of rotatable bonds is 5. The first-order valence-electron chi connectivity index (χ1n) is 8.70. The highest BCUT2D eigenvalue weighted by Gasteiger charge is 2.17. The Morgan fingerprint density at radius 1 is 1.17 bits per heavy atom. The Morgan fingerprint density at radius 3 is 2.50 bits per heavy atom. The molecule has 2 aromatic carbocycles. The van der Waals surface area contributed by atoms with Gasteiger partial charge in [0.1, 0.15) is 11.4 Å². The van der Waals surface area contributed by atoms with E-state index in [-0.39, 0.29) is 22.9 Å². The van der Waals surface area contributed by atoms with Crippen LogP contribution >= 0.6 is 11.6 Å². The van der Waals surface area contributed by atoms with Gasteiger partial charge >= 0.3 is 11.7 Å². The van der Waals surface area contributed by atoms with Crippen LogP contribution in [-0.2, 0) is 4.74 Å². The average Bonchev–Trinajstić information content (AvgIpc) is 2.71. The van der Waals surface area contributed by atoms with Crippen molar-refractivity contribution in [3.63, 3.8) is 0 Å². The highest BCUT2D eigenvalue weighted by Crippen LogP contribution is 2.17. The number of ether oxygens (including phenoxy) is 1. The zero-order chi connectivity index (χ0) is 21.8. The summed E-state index contributed by atoms with van der Waals surface area (Å²) in [7, 11) is 0. The molecule has 30 heavy (non-hydrogen) atoms. The van der Waals surface area contributed by atoms with Crippen molar-refractivity contribution >= 4 is 29.2 Å². The van der Waals surface area contributed by atoms with Gasteiger partial charge in [-0.3, -0.25) is 9.59 Å². The van der Waals surface area contributed by atoms with Crippen LogP contribution in [0.15, 0.2) is 58.3 Å². The molecule has 0 saturated heterocycles. The van der Waals surface area contributed by atoms with E-state index < -0.39 is 28.9 Å². The number of carbonyl (C=O) groups excluding carboxylic acids is 2. The van der Waals surface area contributed by atoms with Crippen LogP contribution < -0.4 is 16.6 Å². The van der Waals surface area contributed by atoms with Gasteiger partial charge < -0.3 is 15.0 Å². The van der Waals surface area contributed by atoms with Crippen LogP contribution in [0, 0.1) is 5.82 Å². The van der Waals surface area contributed by atoms with Gasteiger partial charge in [0.15, 0.2) is 0 Å². The number of nitrogens with one attached hydrogen (secondary N) is 2. The number of hydrogen-bond donors (Lipinski definition) is 2. The van der Waals surface area contributed by atoms with E-state index in [1.165, 1.54) is 30.3 Å². The number of carbonyl (C=O) groups is 2. The molecule has 3 rings (SSSR count). The molecule has 1 amide bonds. The van der Waals surface area contributed by atoms with Crippen LogP contribution in [0.2, 0.25) is 5.02 Å². The second kappa shape index (κ2) is 8.75. The molecular formula is C20H15ClFN3O5. The number of benzene rings is 2. The van der Waals surface area contributed by atoms with Crippen LogP contribution in [0.3, 0.4) is 0 Å². The molecule has 0 saturated carbocycles. The molecule has 0 bridgehead atoms. The van der Waals surface area contributed by atoms with Crippen molar-refractivity contribution < 1.29 is 18.7 Å². The maximum absolute atomic E-state index is 13.4. The summed E-state index contributed by atoms with van der Waals surface area (Å²) in [5.41, 5.74) is -1.48. The number of anilines is 1. The van der Waals surface area contributed by atoms with E-state index in [4.69, 9.17) is 16.3 Å². The highest BCUT2D eigenvalue weighted by atomic mass is 35.5. The summed E-state index contributed by atoms with van der Waals surface area (Å²) in [6.07, 6.45) is 0.981. The number of aromatic nitrogens is 2. The largest absolute Gasteiger partial charge is 0.462 e. The molecule has 0 spiro atoms. The van der Waals surface area contributed by atoms with Gasteiger partial charge in [-0.2, -0.15) is 0 Å². The normalized spacial score (nSPS) is 10.5. The Hall–Kier alpha value is -3.72. The molecule has 1 heterocycles. The van der Waals surface area contributed by atoms with Gasteiger partial charge in [-0.15, -0.1) is 0 Å². The summed E-state index contributed by atoms with van der Waals surface area (Å²) >= 11 is 5.72. The molecule has 0 aliphatic carbocycles. The second-order valence-electron chi connectivity index (χ2n) is 6.00. The quantitative estimate of drug-likeness (QED) is 0.603. The third-order valence-corrected chi connectivity index (χ3v) is 4.33. The van der Waals surface area contributed by atoms with Gasteiger partial charge in [-0.05, 0) is 49.4 Å². The minimum absolute atomic E-state index is 0.00101. The van der Waals surface area contributed by atoms with Crippen LogP contribution in [-0.4, -0.2) is 28.0 Å². The lowest BCUT2D eigenvalue weighted by atomic mass is 10.2. The van der Waals surface area contributed by atoms with Crippen molar-refractivity contribution in [3.8, 4) is 5.69 Å². The van der Waals surface area contributed by atoms with E-state index in [9.17, 15) is 23.6 Å². The first-order valence-corrected chi connectivity index (χ1v) is 9.08. The molecule has 154 valence electrons. The molecule has 1 aromatic heterocycles. The SMILES string of the molecule is CCOC(=O)c1ccc(NC(=O)c2c[nH]c(=O)n(-c3ccc(F)c(Cl)c3)c2=O)cc1. The standard InChI is InChI=1S/C20H15ClFN3O5/c1-2-30-19(28)11-3-5-12(6-4-11)24-17(26)14-10-23-20(29)25(18(14)27)13-7-8-16(22)15(21)9-13/h3-10H,2H2,1H3,(H,23,29)(H,24,26). The van der Waals surface area contributed by atoms with Gasteiger partial charge in [0, 0.05) is 11.9 Å². The van der Waals surface area contributed by atoms with E-state index in [0.29, 0.717) is 15.8 Å².